The largest absolute Gasteiger partial charge is 0.335 e. The van der Waals surface area contributed by atoms with Crippen LogP contribution < -0.4 is 10.6 Å². The lowest BCUT2D eigenvalue weighted by molar-refractivity contribution is 0.227. The molecule has 3 rings (SSSR count). The van der Waals surface area contributed by atoms with Gasteiger partial charge < -0.3 is 15.2 Å². The Hall–Kier alpha value is -1.82. The molecule has 0 saturated heterocycles. The average molecular weight is 332 g/mol. The van der Waals surface area contributed by atoms with Crippen LogP contribution in [0.2, 0.25) is 0 Å². The summed E-state index contributed by atoms with van der Waals surface area (Å²) in [4.78, 5) is 17.7. The summed E-state index contributed by atoms with van der Waals surface area (Å²) in [5.74, 6) is 0.559. The van der Waals surface area contributed by atoms with E-state index in [1.165, 1.54) is 30.6 Å². The van der Waals surface area contributed by atoms with Crippen LogP contribution in [0, 0.1) is 5.92 Å². The lowest BCUT2D eigenvalue weighted by Crippen LogP contribution is -2.45. The zero-order valence-electron chi connectivity index (χ0n) is 13.4. The van der Waals surface area contributed by atoms with Crippen LogP contribution in [0.5, 0.6) is 0 Å². The van der Waals surface area contributed by atoms with Crippen molar-refractivity contribution >= 4 is 17.4 Å². The molecule has 2 aromatic rings. The number of nitrogens with zero attached hydrogens (tertiary/aromatic N) is 2. The second kappa shape index (κ2) is 7.64. The maximum Gasteiger partial charge on any atom is 0.315 e. The van der Waals surface area contributed by atoms with E-state index in [1.54, 1.807) is 23.9 Å². The number of hydrogen-bond donors (Lipinski definition) is 2. The standard InChI is InChI=1S/C17H24N4OS/c1-13(11-21-9-8-18-12-21)19-17(22)20-16(14-5-2-3-6-14)15-7-4-10-23-15/h4,7-10,12-14,16H,2-3,5-6,11H2,1H3,(H2,19,20,22)/t13-,16-/m1/s1. The molecule has 0 radical (unpaired) electrons. The highest BCUT2D eigenvalue weighted by atomic mass is 32.1. The molecule has 1 saturated carbocycles. The molecule has 23 heavy (non-hydrogen) atoms. The van der Waals surface area contributed by atoms with E-state index in [1.807, 2.05) is 17.7 Å². The van der Waals surface area contributed by atoms with Gasteiger partial charge in [-0.2, -0.15) is 0 Å². The van der Waals surface area contributed by atoms with Crippen molar-refractivity contribution in [3.8, 4) is 0 Å². The summed E-state index contributed by atoms with van der Waals surface area (Å²) < 4.78 is 1.97. The van der Waals surface area contributed by atoms with Gasteiger partial charge in [-0.1, -0.05) is 18.9 Å². The summed E-state index contributed by atoms with van der Waals surface area (Å²) in [7, 11) is 0. The van der Waals surface area contributed by atoms with Crippen molar-refractivity contribution in [3.63, 3.8) is 0 Å². The van der Waals surface area contributed by atoms with Gasteiger partial charge in [-0.15, -0.1) is 11.3 Å². The van der Waals surface area contributed by atoms with E-state index in [2.05, 4.69) is 33.1 Å². The van der Waals surface area contributed by atoms with E-state index in [9.17, 15) is 4.79 Å². The van der Waals surface area contributed by atoms with E-state index in [0.717, 1.165) is 6.54 Å². The summed E-state index contributed by atoms with van der Waals surface area (Å²) in [6, 6.07) is 4.30. The zero-order valence-corrected chi connectivity index (χ0v) is 14.3. The third-order valence-corrected chi connectivity index (χ3v) is 5.38. The number of carbonyl (C=O) groups excluding carboxylic acids is 1. The van der Waals surface area contributed by atoms with E-state index in [-0.39, 0.29) is 18.1 Å². The summed E-state index contributed by atoms with van der Waals surface area (Å²) in [6.07, 6.45) is 10.4. The molecule has 2 heterocycles. The van der Waals surface area contributed by atoms with Gasteiger partial charge in [-0.3, -0.25) is 0 Å². The molecule has 0 aliphatic heterocycles. The number of imidazole rings is 1. The fraction of sp³-hybridized carbons (Fsp3) is 0.529. The van der Waals surface area contributed by atoms with Crippen molar-refractivity contribution in [3.05, 3.63) is 41.1 Å². The normalized spacial score (nSPS) is 17.8. The number of hydrogen-bond acceptors (Lipinski definition) is 3. The number of nitrogens with one attached hydrogen (secondary N) is 2. The Bertz CT molecular complexity index is 590. The maximum absolute atomic E-state index is 12.4. The predicted octanol–water partition coefficient (Wildman–Crippen LogP) is 3.56. The number of thiophene rings is 1. The van der Waals surface area contributed by atoms with E-state index >= 15 is 0 Å². The zero-order chi connectivity index (χ0) is 16.1. The molecule has 0 aromatic carbocycles. The van der Waals surface area contributed by atoms with Gasteiger partial charge >= 0.3 is 6.03 Å². The Morgan fingerprint density at radius 2 is 2.26 bits per heavy atom. The quantitative estimate of drug-likeness (QED) is 0.849. The molecule has 2 aromatic heterocycles. The fourth-order valence-corrected chi connectivity index (χ4v) is 4.21. The van der Waals surface area contributed by atoms with Gasteiger partial charge in [0.25, 0.3) is 0 Å². The Balaban J connectivity index is 1.57. The molecule has 124 valence electrons. The minimum absolute atomic E-state index is 0.0526. The van der Waals surface area contributed by atoms with E-state index < -0.39 is 0 Å². The fourth-order valence-electron chi connectivity index (χ4n) is 3.34. The van der Waals surface area contributed by atoms with Crippen LogP contribution >= 0.6 is 11.3 Å². The third kappa shape index (κ3) is 4.34. The molecule has 1 aliphatic carbocycles. The van der Waals surface area contributed by atoms with Crippen molar-refractivity contribution in [2.24, 2.45) is 5.92 Å². The lowest BCUT2D eigenvalue weighted by Gasteiger charge is -2.25. The molecular weight excluding hydrogens is 308 g/mol. The predicted molar refractivity (Wildman–Crippen MR) is 92.4 cm³/mol. The van der Waals surface area contributed by atoms with Crippen molar-refractivity contribution in [2.45, 2.75) is 51.2 Å². The molecule has 2 atom stereocenters. The van der Waals surface area contributed by atoms with Crippen LogP contribution in [-0.4, -0.2) is 21.6 Å². The summed E-state index contributed by atoms with van der Waals surface area (Å²) in [5.41, 5.74) is 0. The number of urea groups is 1. The number of aromatic nitrogens is 2. The summed E-state index contributed by atoms with van der Waals surface area (Å²) >= 11 is 1.73. The first-order chi connectivity index (χ1) is 11.2. The van der Waals surface area contributed by atoms with E-state index in [4.69, 9.17) is 0 Å². The van der Waals surface area contributed by atoms with Crippen LogP contribution in [0.1, 0.15) is 43.5 Å². The SMILES string of the molecule is C[C@H](Cn1ccnc1)NC(=O)N[C@@H](c1cccs1)C1CCCC1. The Morgan fingerprint density at radius 1 is 1.43 bits per heavy atom. The molecule has 0 spiro atoms. The van der Waals surface area contributed by atoms with Crippen LogP contribution in [-0.2, 0) is 6.54 Å². The van der Waals surface area contributed by atoms with Crippen molar-refractivity contribution in [2.75, 3.05) is 0 Å². The summed E-state index contributed by atoms with van der Waals surface area (Å²) in [5, 5.41) is 8.33. The molecule has 0 bridgehead atoms. The van der Waals surface area contributed by atoms with Crippen LogP contribution in [0.3, 0.4) is 0 Å². The first-order valence-electron chi connectivity index (χ1n) is 8.28. The summed E-state index contributed by atoms with van der Waals surface area (Å²) in [6.45, 7) is 2.73. The first kappa shape index (κ1) is 16.1. The Morgan fingerprint density at radius 3 is 2.91 bits per heavy atom. The highest BCUT2D eigenvalue weighted by Gasteiger charge is 2.28. The number of amides is 2. The van der Waals surface area contributed by atoms with Gasteiger partial charge in [0.1, 0.15) is 0 Å². The minimum atomic E-state index is -0.0806. The molecular formula is C17H24N4OS. The average Bonchev–Trinajstić information content (AvgIpc) is 3.27. The Kier molecular flexibility index (Phi) is 5.33. The Labute approximate surface area is 141 Å². The lowest BCUT2D eigenvalue weighted by atomic mass is 9.97. The monoisotopic (exact) mass is 332 g/mol. The number of carbonyl (C=O) groups is 1. The minimum Gasteiger partial charge on any atom is -0.335 e. The second-order valence-corrected chi connectivity index (χ2v) is 7.30. The van der Waals surface area contributed by atoms with Crippen molar-refractivity contribution in [1.29, 1.82) is 0 Å². The van der Waals surface area contributed by atoms with Crippen LogP contribution in [0.25, 0.3) is 0 Å². The second-order valence-electron chi connectivity index (χ2n) is 6.32. The third-order valence-electron chi connectivity index (χ3n) is 4.43. The van der Waals surface area contributed by atoms with Gasteiger partial charge in [0, 0.05) is 29.9 Å². The topological polar surface area (TPSA) is 59.0 Å². The first-order valence-corrected chi connectivity index (χ1v) is 9.16. The molecule has 0 unspecified atom stereocenters. The van der Waals surface area contributed by atoms with Crippen molar-refractivity contribution in [1.82, 2.24) is 20.2 Å². The maximum atomic E-state index is 12.4. The van der Waals surface area contributed by atoms with E-state index in [0.29, 0.717) is 5.92 Å². The van der Waals surface area contributed by atoms with Gasteiger partial charge in [0.15, 0.2) is 0 Å². The molecule has 1 fully saturated rings. The van der Waals surface area contributed by atoms with Gasteiger partial charge in [0.05, 0.1) is 12.4 Å². The van der Waals surface area contributed by atoms with Gasteiger partial charge in [-0.05, 0) is 37.1 Å². The molecule has 1 aliphatic rings. The van der Waals surface area contributed by atoms with Gasteiger partial charge in [-0.25, -0.2) is 9.78 Å². The molecule has 2 amide bonds. The molecule has 5 nitrogen and oxygen atoms in total. The van der Waals surface area contributed by atoms with Gasteiger partial charge in [0.2, 0.25) is 0 Å². The smallest absolute Gasteiger partial charge is 0.315 e. The van der Waals surface area contributed by atoms with Crippen molar-refractivity contribution < 1.29 is 4.79 Å². The molecule has 6 heteroatoms. The highest BCUT2D eigenvalue weighted by molar-refractivity contribution is 7.10. The van der Waals surface area contributed by atoms with Crippen LogP contribution in [0.15, 0.2) is 36.2 Å². The molecule has 2 N–H and O–H groups in total. The highest BCUT2D eigenvalue weighted by Crippen LogP contribution is 2.37. The number of rotatable bonds is 6. The van der Waals surface area contributed by atoms with Crippen LogP contribution in [0.4, 0.5) is 4.79 Å².